The van der Waals surface area contributed by atoms with Crippen molar-refractivity contribution in [1.29, 1.82) is 0 Å². The van der Waals surface area contributed by atoms with E-state index in [0.29, 0.717) is 11.3 Å². The van der Waals surface area contributed by atoms with Crippen LogP contribution >= 0.6 is 0 Å². The van der Waals surface area contributed by atoms with Crippen molar-refractivity contribution in [3.8, 4) is 0 Å². The molecule has 1 aromatic heterocycles. The Balaban J connectivity index is 1.66. The lowest BCUT2D eigenvalue weighted by Crippen LogP contribution is -2.35. The predicted octanol–water partition coefficient (Wildman–Crippen LogP) is 2.68. The molecule has 30 heavy (non-hydrogen) atoms. The summed E-state index contributed by atoms with van der Waals surface area (Å²) in [5.41, 5.74) is 1.96. The van der Waals surface area contributed by atoms with Crippen LogP contribution in [-0.4, -0.2) is 34.7 Å². The van der Waals surface area contributed by atoms with E-state index in [-0.39, 0.29) is 16.9 Å². The van der Waals surface area contributed by atoms with Gasteiger partial charge in [0, 0.05) is 24.4 Å². The van der Waals surface area contributed by atoms with Crippen molar-refractivity contribution in [1.82, 2.24) is 9.88 Å². The van der Waals surface area contributed by atoms with Crippen molar-refractivity contribution in [2.75, 3.05) is 6.61 Å². The molecule has 152 valence electrons. The van der Waals surface area contributed by atoms with Gasteiger partial charge in [-0.2, -0.15) is 0 Å². The molecule has 3 rings (SSSR count). The third-order valence-electron chi connectivity index (χ3n) is 4.47. The van der Waals surface area contributed by atoms with E-state index in [1.165, 1.54) is 12.1 Å². The monoisotopic (exact) mass is 404 g/mol. The molecule has 1 heterocycles. The minimum absolute atomic E-state index is 0.0460. The molecule has 0 saturated heterocycles. The van der Waals surface area contributed by atoms with Crippen LogP contribution in [0, 0.1) is 6.92 Å². The van der Waals surface area contributed by atoms with Crippen molar-refractivity contribution in [3.63, 3.8) is 0 Å². The number of amides is 2. The lowest BCUT2D eigenvalue weighted by molar-refractivity contribution is -0.123. The van der Waals surface area contributed by atoms with Crippen LogP contribution in [0.15, 0.2) is 66.9 Å². The minimum Gasteiger partial charge on any atom is -0.452 e. The topological polar surface area (TPSA) is 94.5 Å². The number of benzene rings is 2. The van der Waals surface area contributed by atoms with Gasteiger partial charge in [-0.3, -0.25) is 19.7 Å². The Morgan fingerprint density at radius 1 is 0.900 bits per heavy atom. The van der Waals surface area contributed by atoms with Crippen molar-refractivity contribution in [3.05, 3.63) is 94.8 Å². The standard InChI is InChI=1S/C23H20N2O5/c1-15-9-11-16(12-10-15)21(27)17-6-3-4-7-18(17)23(29)30-14-20(26)24-22(28)19-8-5-13-25(19)2/h3-13H,14H2,1-2H3,(H,24,26,28). The fourth-order valence-electron chi connectivity index (χ4n) is 2.85. The van der Waals surface area contributed by atoms with Gasteiger partial charge in [0.15, 0.2) is 12.4 Å². The van der Waals surface area contributed by atoms with E-state index >= 15 is 0 Å². The second kappa shape index (κ2) is 9.00. The number of ketones is 1. The van der Waals surface area contributed by atoms with Gasteiger partial charge in [-0.25, -0.2) is 4.79 Å². The fourth-order valence-corrected chi connectivity index (χ4v) is 2.85. The molecule has 0 radical (unpaired) electrons. The molecule has 0 atom stereocenters. The van der Waals surface area contributed by atoms with Gasteiger partial charge in [-0.1, -0.05) is 48.0 Å². The first-order chi connectivity index (χ1) is 14.4. The highest BCUT2D eigenvalue weighted by Gasteiger charge is 2.20. The van der Waals surface area contributed by atoms with Crippen LogP contribution in [0.1, 0.15) is 42.3 Å². The number of nitrogens with zero attached hydrogens (tertiary/aromatic N) is 1. The van der Waals surface area contributed by atoms with Crippen LogP contribution in [0.2, 0.25) is 0 Å². The molecule has 2 aromatic carbocycles. The van der Waals surface area contributed by atoms with Crippen LogP contribution in [0.5, 0.6) is 0 Å². The lowest BCUT2D eigenvalue weighted by Gasteiger charge is -2.10. The van der Waals surface area contributed by atoms with Gasteiger partial charge >= 0.3 is 5.97 Å². The number of hydrogen-bond donors (Lipinski definition) is 1. The number of hydrogen-bond acceptors (Lipinski definition) is 5. The van der Waals surface area contributed by atoms with E-state index in [2.05, 4.69) is 5.32 Å². The molecule has 7 heteroatoms. The number of ether oxygens (including phenoxy) is 1. The van der Waals surface area contributed by atoms with Crippen LogP contribution in [-0.2, 0) is 16.6 Å². The maximum Gasteiger partial charge on any atom is 0.339 e. The first-order valence-corrected chi connectivity index (χ1v) is 9.20. The molecule has 0 aliphatic heterocycles. The van der Waals surface area contributed by atoms with Gasteiger partial charge in [-0.15, -0.1) is 0 Å². The maximum atomic E-state index is 12.8. The summed E-state index contributed by atoms with van der Waals surface area (Å²) >= 11 is 0. The quantitative estimate of drug-likeness (QED) is 0.504. The Morgan fingerprint density at radius 2 is 1.57 bits per heavy atom. The Kier molecular flexibility index (Phi) is 6.22. The molecular formula is C23H20N2O5. The van der Waals surface area contributed by atoms with Crippen LogP contribution in [0.4, 0.5) is 0 Å². The molecule has 0 unspecified atom stereocenters. The van der Waals surface area contributed by atoms with E-state index < -0.39 is 24.4 Å². The van der Waals surface area contributed by atoms with E-state index in [9.17, 15) is 19.2 Å². The lowest BCUT2D eigenvalue weighted by atomic mass is 9.98. The molecular weight excluding hydrogens is 384 g/mol. The van der Waals surface area contributed by atoms with E-state index in [1.54, 1.807) is 54.2 Å². The van der Waals surface area contributed by atoms with E-state index in [1.807, 2.05) is 19.1 Å². The SMILES string of the molecule is Cc1ccc(C(=O)c2ccccc2C(=O)OCC(=O)NC(=O)c2cccn2C)cc1. The smallest absolute Gasteiger partial charge is 0.339 e. The summed E-state index contributed by atoms with van der Waals surface area (Å²) in [5.74, 6) is -2.52. The van der Waals surface area contributed by atoms with Crippen molar-refractivity contribution in [2.24, 2.45) is 7.05 Å². The van der Waals surface area contributed by atoms with Gasteiger partial charge in [0.25, 0.3) is 11.8 Å². The summed E-state index contributed by atoms with van der Waals surface area (Å²) in [5, 5.41) is 2.16. The van der Waals surface area contributed by atoms with Gasteiger partial charge in [-0.05, 0) is 25.1 Å². The number of aromatic nitrogens is 1. The summed E-state index contributed by atoms with van der Waals surface area (Å²) < 4.78 is 6.58. The molecule has 0 fully saturated rings. The second-order valence-corrected chi connectivity index (χ2v) is 6.70. The highest BCUT2D eigenvalue weighted by atomic mass is 16.5. The zero-order valence-electron chi connectivity index (χ0n) is 16.5. The molecule has 3 aromatic rings. The second-order valence-electron chi connectivity index (χ2n) is 6.70. The molecule has 7 nitrogen and oxygen atoms in total. The molecule has 0 spiro atoms. The zero-order chi connectivity index (χ0) is 21.7. The Bertz CT molecular complexity index is 1110. The average molecular weight is 404 g/mol. The predicted molar refractivity (Wildman–Crippen MR) is 109 cm³/mol. The van der Waals surface area contributed by atoms with Crippen LogP contribution < -0.4 is 5.32 Å². The number of rotatable bonds is 6. The van der Waals surface area contributed by atoms with Gasteiger partial charge in [0.1, 0.15) is 5.69 Å². The van der Waals surface area contributed by atoms with Crippen molar-refractivity contribution in [2.45, 2.75) is 6.92 Å². The van der Waals surface area contributed by atoms with Gasteiger partial charge in [0.2, 0.25) is 0 Å². The Hall–Kier alpha value is -4.00. The number of carbonyl (C=O) groups is 4. The number of carbonyl (C=O) groups excluding carboxylic acids is 4. The fraction of sp³-hybridized carbons (Fsp3) is 0.130. The Labute approximate surface area is 173 Å². The third kappa shape index (κ3) is 4.70. The van der Waals surface area contributed by atoms with Gasteiger partial charge in [0.05, 0.1) is 5.56 Å². The third-order valence-corrected chi connectivity index (χ3v) is 4.47. The molecule has 0 aliphatic rings. The first-order valence-electron chi connectivity index (χ1n) is 9.20. The number of esters is 1. The number of imide groups is 1. The zero-order valence-corrected chi connectivity index (χ0v) is 16.5. The number of nitrogens with one attached hydrogen (secondary N) is 1. The van der Waals surface area contributed by atoms with Crippen molar-refractivity contribution < 1.29 is 23.9 Å². The van der Waals surface area contributed by atoms with E-state index in [0.717, 1.165) is 5.56 Å². The number of aryl methyl sites for hydroxylation is 2. The van der Waals surface area contributed by atoms with Crippen molar-refractivity contribution >= 4 is 23.6 Å². The maximum absolute atomic E-state index is 12.8. The normalized spacial score (nSPS) is 10.3. The summed E-state index contributed by atoms with van der Waals surface area (Å²) in [6, 6.07) is 16.4. The van der Waals surface area contributed by atoms with Gasteiger partial charge < -0.3 is 9.30 Å². The molecule has 0 saturated carbocycles. The van der Waals surface area contributed by atoms with Crippen LogP contribution in [0.3, 0.4) is 0 Å². The Morgan fingerprint density at radius 3 is 2.20 bits per heavy atom. The first kappa shape index (κ1) is 20.7. The highest BCUT2D eigenvalue weighted by molar-refractivity contribution is 6.14. The minimum atomic E-state index is -0.826. The molecule has 0 aliphatic carbocycles. The highest BCUT2D eigenvalue weighted by Crippen LogP contribution is 2.16. The molecule has 0 bridgehead atoms. The molecule has 1 N–H and O–H groups in total. The average Bonchev–Trinajstić information content (AvgIpc) is 3.18. The summed E-state index contributed by atoms with van der Waals surface area (Å²) in [6.45, 7) is 1.26. The molecule has 2 amide bonds. The summed E-state index contributed by atoms with van der Waals surface area (Å²) in [4.78, 5) is 49.3. The van der Waals surface area contributed by atoms with Crippen LogP contribution in [0.25, 0.3) is 0 Å². The summed E-state index contributed by atoms with van der Waals surface area (Å²) in [7, 11) is 1.67. The van der Waals surface area contributed by atoms with E-state index in [4.69, 9.17) is 4.74 Å². The summed E-state index contributed by atoms with van der Waals surface area (Å²) in [6.07, 6.45) is 1.67. The largest absolute Gasteiger partial charge is 0.452 e.